The molecule has 1 fully saturated rings. The fourth-order valence-corrected chi connectivity index (χ4v) is 2.29. The van der Waals surface area contributed by atoms with E-state index >= 15 is 0 Å². The molecular weight excluding hydrogens is 208 g/mol. The smallest absolute Gasteiger partial charge is 0.181 e. The van der Waals surface area contributed by atoms with Crippen molar-refractivity contribution in [3.63, 3.8) is 0 Å². The maximum atomic E-state index is 13.3. The molecule has 88 valence electrons. The SMILES string of the molecule is Fc1cccc(NCC2CCCCC2)c1F. The topological polar surface area (TPSA) is 12.0 Å². The van der Waals surface area contributed by atoms with Gasteiger partial charge in [0.05, 0.1) is 5.69 Å². The molecule has 1 N–H and O–H groups in total. The van der Waals surface area contributed by atoms with E-state index in [1.807, 2.05) is 0 Å². The molecule has 0 bridgehead atoms. The van der Waals surface area contributed by atoms with Gasteiger partial charge in [-0.15, -0.1) is 0 Å². The van der Waals surface area contributed by atoms with Crippen molar-refractivity contribution in [2.75, 3.05) is 11.9 Å². The molecule has 1 aliphatic carbocycles. The first-order valence-electron chi connectivity index (χ1n) is 5.95. The van der Waals surface area contributed by atoms with Crippen LogP contribution in [0.15, 0.2) is 18.2 Å². The molecule has 0 radical (unpaired) electrons. The fourth-order valence-electron chi connectivity index (χ4n) is 2.29. The molecule has 0 heterocycles. The predicted octanol–water partition coefficient (Wildman–Crippen LogP) is 3.96. The van der Waals surface area contributed by atoms with Crippen LogP contribution in [0.5, 0.6) is 0 Å². The molecule has 0 amide bonds. The maximum absolute atomic E-state index is 13.3. The Bertz CT molecular complexity index is 346. The minimum atomic E-state index is -0.784. The van der Waals surface area contributed by atoms with Crippen molar-refractivity contribution < 1.29 is 8.78 Å². The molecule has 1 nitrogen and oxygen atoms in total. The van der Waals surface area contributed by atoms with Crippen molar-refractivity contribution in [3.8, 4) is 0 Å². The zero-order valence-corrected chi connectivity index (χ0v) is 9.31. The van der Waals surface area contributed by atoms with Crippen molar-refractivity contribution >= 4 is 5.69 Å². The monoisotopic (exact) mass is 225 g/mol. The highest BCUT2D eigenvalue weighted by molar-refractivity contribution is 5.44. The van der Waals surface area contributed by atoms with E-state index < -0.39 is 11.6 Å². The molecular formula is C13H17F2N. The molecule has 3 heteroatoms. The lowest BCUT2D eigenvalue weighted by Gasteiger charge is -2.22. The van der Waals surface area contributed by atoms with Gasteiger partial charge in [0.2, 0.25) is 0 Å². The third-order valence-corrected chi connectivity index (χ3v) is 3.26. The summed E-state index contributed by atoms with van der Waals surface area (Å²) in [5.74, 6) is -0.941. The van der Waals surface area contributed by atoms with Crippen LogP contribution in [0, 0.1) is 17.6 Å². The number of hydrogen-bond acceptors (Lipinski definition) is 1. The van der Waals surface area contributed by atoms with E-state index in [9.17, 15) is 8.78 Å². The van der Waals surface area contributed by atoms with Gasteiger partial charge in [-0.3, -0.25) is 0 Å². The minimum absolute atomic E-state index is 0.283. The average Bonchev–Trinajstić information content (AvgIpc) is 2.32. The van der Waals surface area contributed by atoms with E-state index in [4.69, 9.17) is 0 Å². The van der Waals surface area contributed by atoms with E-state index in [2.05, 4.69) is 5.32 Å². The van der Waals surface area contributed by atoms with Gasteiger partial charge in [0.25, 0.3) is 0 Å². The summed E-state index contributed by atoms with van der Waals surface area (Å²) in [6.07, 6.45) is 6.23. The van der Waals surface area contributed by atoms with Crippen LogP contribution in [0.3, 0.4) is 0 Å². The van der Waals surface area contributed by atoms with E-state index in [1.54, 1.807) is 6.07 Å². The van der Waals surface area contributed by atoms with Gasteiger partial charge in [-0.05, 0) is 30.9 Å². The van der Waals surface area contributed by atoms with Gasteiger partial charge in [-0.25, -0.2) is 8.78 Å². The molecule has 1 saturated carbocycles. The first-order chi connectivity index (χ1) is 7.77. The quantitative estimate of drug-likeness (QED) is 0.821. The summed E-state index contributed by atoms with van der Waals surface area (Å²) in [5.41, 5.74) is 0.283. The summed E-state index contributed by atoms with van der Waals surface area (Å²) >= 11 is 0. The minimum Gasteiger partial charge on any atom is -0.382 e. The zero-order valence-electron chi connectivity index (χ0n) is 9.31. The van der Waals surface area contributed by atoms with Crippen molar-refractivity contribution in [1.29, 1.82) is 0 Å². The van der Waals surface area contributed by atoms with E-state index in [1.165, 1.54) is 38.2 Å². The first-order valence-corrected chi connectivity index (χ1v) is 5.95. The van der Waals surface area contributed by atoms with Crippen LogP contribution in [0.1, 0.15) is 32.1 Å². The van der Waals surface area contributed by atoms with E-state index in [0.29, 0.717) is 5.92 Å². The molecule has 0 unspecified atom stereocenters. The normalized spacial score (nSPS) is 17.4. The second-order valence-electron chi connectivity index (χ2n) is 4.49. The third-order valence-electron chi connectivity index (χ3n) is 3.26. The zero-order chi connectivity index (χ0) is 11.4. The summed E-state index contributed by atoms with van der Waals surface area (Å²) in [5, 5.41) is 3.01. The van der Waals surface area contributed by atoms with Crippen molar-refractivity contribution in [1.82, 2.24) is 0 Å². The molecule has 0 spiro atoms. The number of anilines is 1. The Morgan fingerprint density at radius 1 is 1.12 bits per heavy atom. The van der Waals surface area contributed by atoms with Gasteiger partial charge in [-0.2, -0.15) is 0 Å². The summed E-state index contributed by atoms with van der Waals surface area (Å²) in [6.45, 7) is 0.750. The highest BCUT2D eigenvalue weighted by Gasteiger charge is 2.14. The van der Waals surface area contributed by atoms with Crippen LogP contribution in [0.2, 0.25) is 0 Å². The van der Waals surface area contributed by atoms with Crippen molar-refractivity contribution in [3.05, 3.63) is 29.8 Å². The number of halogens is 2. The highest BCUT2D eigenvalue weighted by Crippen LogP contribution is 2.24. The Balaban J connectivity index is 1.91. The van der Waals surface area contributed by atoms with E-state index in [0.717, 1.165) is 12.6 Å². The van der Waals surface area contributed by atoms with Gasteiger partial charge in [-0.1, -0.05) is 25.3 Å². The summed E-state index contributed by atoms with van der Waals surface area (Å²) in [7, 11) is 0. The Kier molecular flexibility index (Phi) is 3.75. The molecule has 16 heavy (non-hydrogen) atoms. The van der Waals surface area contributed by atoms with Crippen LogP contribution >= 0.6 is 0 Å². The Morgan fingerprint density at radius 2 is 1.88 bits per heavy atom. The van der Waals surface area contributed by atoms with Gasteiger partial charge in [0.15, 0.2) is 11.6 Å². The van der Waals surface area contributed by atoms with Crippen molar-refractivity contribution in [2.24, 2.45) is 5.92 Å². The summed E-state index contributed by atoms with van der Waals surface area (Å²) < 4.78 is 26.2. The molecule has 0 aliphatic heterocycles. The Labute approximate surface area is 94.9 Å². The summed E-state index contributed by atoms with van der Waals surface area (Å²) in [4.78, 5) is 0. The first kappa shape index (κ1) is 11.4. The van der Waals surface area contributed by atoms with Crippen LogP contribution < -0.4 is 5.32 Å². The molecule has 2 rings (SSSR count). The lowest BCUT2D eigenvalue weighted by atomic mass is 9.89. The van der Waals surface area contributed by atoms with Gasteiger partial charge in [0.1, 0.15) is 0 Å². The molecule has 1 aliphatic rings. The van der Waals surface area contributed by atoms with Crippen molar-refractivity contribution in [2.45, 2.75) is 32.1 Å². The van der Waals surface area contributed by atoms with Gasteiger partial charge >= 0.3 is 0 Å². The standard InChI is InChI=1S/C13H17F2N/c14-11-7-4-8-12(13(11)15)16-9-10-5-2-1-3-6-10/h4,7-8,10,16H,1-3,5-6,9H2. The third kappa shape index (κ3) is 2.71. The second kappa shape index (κ2) is 5.28. The van der Waals surface area contributed by atoms with Crippen LogP contribution in [0.25, 0.3) is 0 Å². The maximum Gasteiger partial charge on any atom is 0.181 e. The second-order valence-corrected chi connectivity index (χ2v) is 4.49. The largest absolute Gasteiger partial charge is 0.382 e. The molecule has 0 saturated heterocycles. The number of hydrogen-bond donors (Lipinski definition) is 1. The van der Waals surface area contributed by atoms with Crippen LogP contribution in [-0.2, 0) is 0 Å². The number of nitrogens with one attached hydrogen (secondary N) is 1. The Morgan fingerprint density at radius 3 is 2.62 bits per heavy atom. The average molecular weight is 225 g/mol. The highest BCUT2D eigenvalue weighted by atomic mass is 19.2. The Hall–Kier alpha value is -1.12. The molecule has 1 aromatic rings. The predicted molar refractivity (Wildman–Crippen MR) is 61.4 cm³/mol. The molecule has 0 aromatic heterocycles. The summed E-state index contributed by atoms with van der Waals surface area (Å²) in [6, 6.07) is 4.25. The van der Waals surface area contributed by atoms with Crippen LogP contribution in [0.4, 0.5) is 14.5 Å². The van der Waals surface area contributed by atoms with Gasteiger partial charge < -0.3 is 5.32 Å². The fraction of sp³-hybridized carbons (Fsp3) is 0.538. The number of rotatable bonds is 3. The van der Waals surface area contributed by atoms with Gasteiger partial charge in [0, 0.05) is 6.54 Å². The van der Waals surface area contributed by atoms with E-state index in [-0.39, 0.29) is 5.69 Å². The molecule has 1 aromatic carbocycles. The lowest BCUT2D eigenvalue weighted by molar-refractivity contribution is 0.373. The lowest BCUT2D eigenvalue weighted by Crippen LogP contribution is -2.17. The van der Waals surface area contributed by atoms with Crippen LogP contribution in [-0.4, -0.2) is 6.54 Å². The number of benzene rings is 1. The molecule has 0 atom stereocenters.